The molecule has 1 aliphatic rings. The largest absolute Gasteiger partial charge is 0.493 e. The van der Waals surface area contributed by atoms with Gasteiger partial charge in [0.05, 0.1) is 31.5 Å². The Hall–Kier alpha value is -2.93. The first kappa shape index (κ1) is 19.4. The molecule has 0 spiro atoms. The van der Waals surface area contributed by atoms with Crippen LogP contribution in [0.3, 0.4) is 0 Å². The van der Waals surface area contributed by atoms with Gasteiger partial charge in [-0.05, 0) is 44.4 Å². The SMILES string of the molecule is COc1cc2nncc(-c3cnc(N4CCC(C)(O)CC4)c(C)c3)c2cc1OC. The second-order valence-electron chi connectivity index (χ2n) is 7.83. The van der Waals surface area contributed by atoms with E-state index in [9.17, 15) is 5.11 Å². The quantitative estimate of drug-likeness (QED) is 0.727. The van der Waals surface area contributed by atoms with Crippen molar-refractivity contribution in [2.24, 2.45) is 0 Å². The summed E-state index contributed by atoms with van der Waals surface area (Å²) in [5, 5.41) is 19.5. The highest BCUT2D eigenvalue weighted by molar-refractivity contribution is 5.95. The van der Waals surface area contributed by atoms with Crippen molar-refractivity contribution in [2.45, 2.75) is 32.3 Å². The third-order valence-corrected chi connectivity index (χ3v) is 5.65. The number of nitrogens with zero attached hydrogens (tertiary/aromatic N) is 4. The Morgan fingerprint density at radius 3 is 2.38 bits per heavy atom. The average molecular weight is 394 g/mol. The summed E-state index contributed by atoms with van der Waals surface area (Å²) in [6.07, 6.45) is 5.12. The minimum atomic E-state index is -0.577. The molecule has 4 rings (SSSR count). The van der Waals surface area contributed by atoms with Gasteiger partial charge in [0.1, 0.15) is 5.82 Å². The molecule has 1 aliphatic heterocycles. The van der Waals surface area contributed by atoms with Crippen molar-refractivity contribution >= 4 is 16.7 Å². The number of methoxy groups -OCH3 is 2. The number of rotatable bonds is 4. The van der Waals surface area contributed by atoms with Crippen LogP contribution in [0, 0.1) is 6.92 Å². The standard InChI is InChI=1S/C22H26N4O3/c1-14-9-15(12-23-21(14)26-7-5-22(2,27)6-8-26)17-13-24-25-18-11-20(29-4)19(28-3)10-16(17)18/h9-13,27H,5-8H2,1-4H3. The van der Waals surface area contributed by atoms with Gasteiger partial charge in [-0.25, -0.2) is 4.98 Å². The van der Waals surface area contributed by atoms with Crippen LogP contribution in [0.1, 0.15) is 25.3 Å². The Bertz CT molecular complexity index is 1040. The molecule has 3 aromatic rings. The van der Waals surface area contributed by atoms with Crippen LogP contribution in [0.5, 0.6) is 11.5 Å². The maximum absolute atomic E-state index is 10.2. The van der Waals surface area contributed by atoms with Gasteiger partial charge in [-0.15, -0.1) is 0 Å². The fourth-order valence-electron chi connectivity index (χ4n) is 3.86. The molecule has 0 atom stereocenters. The number of pyridine rings is 1. The first-order chi connectivity index (χ1) is 13.9. The lowest BCUT2D eigenvalue weighted by Crippen LogP contribution is -2.43. The number of hydrogen-bond donors (Lipinski definition) is 1. The van der Waals surface area contributed by atoms with Gasteiger partial charge in [0.15, 0.2) is 11.5 Å². The smallest absolute Gasteiger partial charge is 0.162 e. The van der Waals surface area contributed by atoms with Gasteiger partial charge < -0.3 is 19.5 Å². The summed E-state index contributed by atoms with van der Waals surface area (Å²) in [5.74, 6) is 2.24. The number of piperidine rings is 1. The second-order valence-corrected chi connectivity index (χ2v) is 7.83. The summed E-state index contributed by atoms with van der Waals surface area (Å²) < 4.78 is 10.8. The normalized spacial score (nSPS) is 16.1. The summed E-state index contributed by atoms with van der Waals surface area (Å²) >= 11 is 0. The van der Waals surface area contributed by atoms with Crippen LogP contribution in [0.2, 0.25) is 0 Å². The van der Waals surface area contributed by atoms with Crippen LogP contribution in [0.25, 0.3) is 22.0 Å². The van der Waals surface area contributed by atoms with Crippen LogP contribution in [0.15, 0.2) is 30.6 Å². The van der Waals surface area contributed by atoms with Gasteiger partial charge in [-0.2, -0.15) is 10.2 Å². The number of benzene rings is 1. The third kappa shape index (κ3) is 3.70. The Morgan fingerprint density at radius 2 is 1.72 bits per heavy atom. The predicted octanol–water partition coefficient (Wildman–Crippen LogP) is 3.37. The predicted molar refractivity (Wildman–Crippen MR) is 113 cm³/mol. The number of aromatic nitrogens is 3. The van der Waals surface area contributed by atoms with Crippen molar-refractivity contribution in [1.82, 2.24) is 15.2 Å². The Labute approximate surface area is 170 Å². The number of anilines is 1. The van der Waals surface area contributed by atoms with Gasteiger partial charge in [0.2, 0.25) is 0 Å². The van der Waals surface area contributed by atoms with Gasteiger partial charge in [-0.3, -0.25) is 0 Å². The zero-order valence-corrected chi connectivity index (χ0v) is 17.3. The van der Waals surface area contributed by atoms with E-state index in [1.54, 1.807) is 20.4 Å². The molecule has 0 unspecified atom stereocenters. The Kier molecular flexibility index (Phi) is 5.00. The monoisotopic (exact) mass is 394 g/mol. The molecule has 1 N–H and O–H groups in total. The molecular weight excluding hydrogens is 368 g/mol. The van der Waals surface area contributed by atoms with E-state index in [0.29, 0.717) is 11.5 Å². The van der Waals surface area contributed by atoms with E-state index in [4.69, 9.17) is 14.5 Å². The van der Waals surface area contributed by atoms with Crippen LogP contribution in [-0.4, -0.2) is 53.2 Å². The summed E-state index contributed by atoms with van der Waals surface area (Å²) in [5.41, 5.74) is 3.17. The van der Waals surface area contributed by atoms with Crippen molar-refractivity contribution in [2.75, 3.05) is 32.2 Å². The molecule has 1 aromatic carbocycles. The molecule has 3 heterocycles. The molecule has 7 heteroatoms. The molecule has 0 bridgehead atoms. The summed E-state index contributed by atoms with van der Waals surface area (Å²) in [4.78, 5) is 6.99. The molecule has 1 saturated heterocycles. The molecule has 0 radical (unpaired) electrons. The second kappa shape index (κ2) is 7.48. The lowest BCUT2D eigenvalue weighted by molar-refractivity contribution is 0.0350. The van der Waals surface area contributed by atoms with Crippen molar-refractivity contribution in [3.05, 3.63) is 36.2 Å². The Morgan fingerprint density at radius 1 is 1.03 bits per heavy atom. The van der Waals surface area contributed by atoms with E-state index in [0.717, 1.165) is 59.3 Å². The molecule has 0 saturated carbocycles. The zero-order valence-electron chi connectivity index (χ0n) is 17.3. The maximum atomic E-state index is 10.2. The first-order valence-corrected chi connectivity index (χ1v) is 9.73. The fraction of sp³-hybridized carbons (Fsp3) is 0.409. The summed E-state index contributed by atoms with van der Waals surface area (Å²) in [6.45, 7) is 5.57. The number of fused-ring (bicyclic) bond motifs is 1. The molecule has 2 aromatic heterocycles. The number of hydrogen-bond acceptors (Lipinski definition) is 7. The zero-order chi connectivity index (χ0) is 20.6. The van der Waals surface area contributed by atoms with Gasteiger partial charge in [0, 0.05) is 41.9 Å². The van der Waals surface area contributed by atoms with Crippen molar-refractivity contribution in [1.29, 1.82) is 0 Å². The molecule has 1 fully saturated rings. The summed E-state index contributed by atoms with van der Waals surface area (Å²) in [6, 6.07) is 5.88. The molecule has 0 amide bonds. The van der Waals surface area contributed by atoms with Crippen LogP contribution in [-0.2, 0) is 0 Å². The molecule has 0 aliphatic carbocycles. The number of aryl methyl sites for hydroxylation is 1. The molecule has 7 nitrogen and oxygen atoms in total. The number of aliphatic hydroxyl groups is 1. The minimum absolute atomic E-state index is 0.577. The average Bonchev–Trinajstić information content (AvgIpc) is 2.72. The van der Waals surface area contributed by atoms with Gasteiger partial charge in [-0.1, -0.05) is 0 Å². The highest BCUT2D eigenvalue weighted by Gasteiger charge is 2.28. The molecular formula is C22H26N4O3. The maximum Gasteiger partial charge on any atom is 0.162 e. The molecule has 152 valence electrons. The van der Waals surface area contributed by atoms with E-state index < -0.39 is 5.60 Å². The lowest BCUT2D eigenvalue weighted by atomic mass is 9.93. The van der Waals surface area contributed by atoms with E-state index >= 15 is 0 Å². The van der Waals surface area contributed by atoms with E-state index in [-0.39, 0.29) is 0 Å². The van der Waals surface area contributed by atoms with Gasteiger partial charge in [0.25, 0.3) is 0 Å². The number of ether oxygens (including phenoxy) is 2. The van der Waals surface area contributed by atoms with Gasteiger partial charge >= 0.3 is 0 Å². The van der Waals surface area contributed by atoms with Crippen molar-refractivity contribution < 1.29 is 14.6 Å². The fourth-order valence-corrected chi connectivity index (χ4v) is 3.86. The van der Waals surface area contributed by atoms with Crippen LogP contribution < -0.4 is 14.4 Å². The molecule has 29 heavy (non-hydrogen) atoms. The highest BCUT2D eigenvalue weighted by Crippen LogP contribution is 2.36. The van der Waals surface area contributed by atoms with Crippen LogP contribution in [0.4, 0.5) is 5.82 Å². The van der Waals surface area contributed by atoms with E-state index in [1.807, 2.05) is 25.3 Å². The first-order valence-electron chi connectivity index (χ1n) is 9.73. The topological polar surface area (TPSA) is 80.6 Å². The summed E-state index contributed by atoms with van der Waals surface area (Å²) in [7, 11) is 3.22. The minimum Gasteiger partial charge on any atom is -0.493 e. The lowest BCUT2D eigenvalue weighted by Gasteiger charge is -2.37. The van der Waals surface area contributed by atoms with E-state index in [1.165, 1.54) is 0 Å². The van der Waals surface area contributed by atoms with Crippen molar-refractivity contribution in [3.63, 3.8) is 0 Å². The van der Waals surface area contributed by atoms with Crippen LogP contribution >= 0.6 is 0 Å². The highest BCUT2D eigenvalue weighted by atomic mass is 16.5. The Balaban J connectivity index is 1.72. The van der Waals surface area contributed by atoms with E-state index in [2.05, 4.69) is 28.1 Å². The van der Waals surface area contributed by atoms with Crippen molar-refractivity contribution in [3.8, 4) is 22.6 Å². The third-order valence-electron chi connectivity index (χ3n) is 5.65.